The average molecular weight is 311 g/mol. The van der Waals surface area contributed by atoms with Crippen molar-refractivity contribution in [1.82, 2.24) is 9.88 Å². The molecule has 1 aliphatic heterocycles. The Kier molecular flexibility index (Phi) is 5.58. The zero-order valence-corrected chi connectivity index (χ0v) is 13.7. The first-order valence-corrected chi connectivity index (χ1v) is 9.53. The quantitative estimate of drug-likeness (QED) is 0.903. The molecule has 21 heavy (non-hydrogen) atoms. The highest BCUT2D eigenvalue weighted by Crippen LogP contribution is 2.17. The van der Waals surface area contributed by atoms with Gasteiger partial charge in [0.2, 0.25) is 0 Å². The second-order valence-corrected chi connectivity index (χ2v) is 7.73. The molecule has 0 bridgehead atoms. The van der Waals surface area contributed by atoms with E-state index in [4.69, 9.17) is 0 Å². The van der Waals surface area contributed by atoms with Gasteiger partial charge >= 0.3 is 0 Å². The largest absolute Gasteiger partial charge is 0.381 e. The normalized spacial score (nSPS) is 21.0. The van der Waals surface area contributed by atoms with Gasteiger partial charge in [-0.15, -0.1) is 0 Å². The number of likely N-dealkylation sites (tertiary alicyclic amines) is 1. The van der Waals surface area contributed by atoms with Gasteiger partial charge in [-0.1, -0.05) is 6.92 Å². The van der Waals surface area contributed by atoms with Crippen molar-refractivity contribution in [3.63, 3.8) is 0 Å². The number of pyridine rings is 1. The van der Waals surface area contributed by atoms with Crippen molar-refractivity contribution in [2.24, 2.45) is 0 Å². The maximum Gasteiger partial charge on any atom is 0.192 e. The fourth-order valence-corrected chi connectivity index (χ4v) is 3.32. The molecule has 1 aromatic heterocycles. The summed E-state index contributed by atoms with van der Waals surface area (Å²) in [6, 6.07) is 3.81. The summed E-state index contributed by atoms with van der Waals surface area (Å²) in [5, 5.41) is 3.61. The van der Waals surface area contributed by atoms with E-state index in [-0.39, 0.29) is 5.03 Å². The van der Waals surface area contributed by atoms with Gasteiger partial charge < -0.3 is 10.2 Å². The van der Waals surface area contributed by atoms with Crippen molar-refractivity contribution in [2.75, 3.05) is 31.2 Å². The predicted molar refractivity (Wildman–Crippen MR) is 85.3 cm³/mol. The van der Waals surface area contributed by atoms with E-state index in [2.05, 4.69) is 22.1 Å². The minimum atomic E-state index is -3.22. The molecule has 0 spiro atoms. The SMILES string of the molecule is CCCN1CCCC(Nc2ccc(S(C)(=O)=O)nc2)CC1. The van der Waals surface area contributed by atoms with Gasteiger partial charge in [0.15, 0.2) is 14.9 Å². The zero-order chi connectivity index (χ0) is 15.3. The van der Waals surface area contributed by atoms with Crippen molar-refractivity contribution in [3.05, 3.63) is 18.3 Å². The standard InChI is InChI=1S/C15H25N3O2S/c1-3-9-18-10-4-5-13(8-11-18)17-14-6-7-15(16-12-14)21(2,19)20/h6-7,12-13,17H,3-5,8-11H2,1-2H3. The monoisotopic (exact) mass is 311 g/mol. The Morgan fingerprint density at radius 2 is 2.14 bits per heavy atom. The first-order valence-electron chi connectivity index (χ1n) is 7.64. The zero-order valence-electron chi connectivity index (χ0n) is 12.9. The minimum absolute atomic E-state index is 0.128. The Morgan fingerprint density at radius 3 is 2.76 bits per heavy atom. The van der Waals surface area contributed by atoms with Crippen LogP contribution in [-0.2, 0) is 9.84 Å². The van der Waals surface area contributed by atoms with Gasteiger partial charge in [-0.25, -0.2) is 13.4 Å². The lowest BCUT2D eigenvalue weighted by atomic mass is 10.1. The lowest BCUT2D eigenvalue weighted by molar-refractivity contribution is 0.285. The Balaban J connectivity index is 1.92. The number of rotatable bonds is 5. The van der Waals surface area contributed by atoms with Crippen LogP contribution in [0, 0.1) is 0 Å². The summed E-state index contributed by atoms with van der Waals surface area (Å²) in [6.45, 7) is 5.70. The van der Waals surface area contributed by atoms with Crippen LogP contribution in [0.5, 0.6) is 0 Å². The number of sulfone groups is 1. The molecule has 2 heterocycles. The van der Waals surface area contributed by atoms with Crippen LogP contribution in [0.25, 0.3) is 0 Å². The molecule has 1 N–H and O–H groups in total. The molecule has 0 aliphatic carbocycles. The average Bonchev–Trinajstić information content (AvgIpc) is 2.65. The van der Waals surface area contributed by atoms with Crippen LogP contribution in [0.4, 0.5) is 5.69 Å². The maximum absolute atomic E-state index is 11.4. The van der Waals surface area contributed by atoms with E-state index in [1.54, 1.807) is 18.3 Å². The van der Waals surface area contributed by atoms with Gasteiger partial charge in [0.1, 0.15) is 0 Å². The molecule has 6 heteroatoms. The van der Waals surface area contributed by atoms with Crippen LogP contribution in [0.3, 0.4) is 0 Å². The van der Waals surface area contributed by atoms with E-state index in [0.29, 0.717) is 6.04 Å². The molecule has 1 aliphatic rings. The number of nitrogens with zero attached hydrogens (tertiary/aromatic N) is 2. The molecule has 1 saturated heterocycles. The van der Waals surface area contributed by atoms with Crippen LogP contribution in [0.15, 0.2) is 23.4 Å². The van der Waals surface area contributed by atoms with Crippen molar-refractivity contribution in [2.45, 2.75) is 43.7 Å². The van der Waals surface area contributed by atoms with Gasteiger partial charge in [0.25, 0.3) is 0 Å². The summed E-state index contributed by atoms with van der Waals surface area (Å²) in [4.78, 5) is 6.54. The highest BCUT2D eigenvalue weighted by atomic mass is 32.2. The Bertz CT molecular complexity index is 543. The highest BCUT2D eigenvalue weighted by Gasteiger charge is 2.16. The number of nitrogens with one attached hydrogen (secondary N) is 1. The smallest absolute Gasteiger partial charge is 0.192 e. The maximum atomic E-state index is 11.4. The summed E-state index contributed by atoms with van der Waals surface area (Å²) in [7, 11) is -3.22. The van der Waals surface area contributed by atoms with Gasteiger partial charge in [-0.05, 0) is 50.9 Å². The summed E-state index contributed by atoms with van der Waals surface area (Å²) in [5.74, 6) is 0. The molecule has 2 rings (SSSR count). The van der Waals surface area contributed by atoms with Crippen LogP contribution >= 0.6 is 0 Å². The second kappa shape index (κ2) is 7.22. The third-order valence-electron chi connectivity index (χ3n) is 3.85. The fourth-order valence-electron chi connectivity index (χ4n) is 2.76. The van der Waals surface area contributed by atoms with E-state index in [1.807, 2.05) is 0 Å². The summed E-state index contributed by atoms with van der Waals surface area (Å²) in [6.07, 6.45) is 7.46. The molecule has 1 aromatic rings. The third kappa shape index (κ3) is 4.97. The van der Waals surface area contributed by atoms with E-state index in [0.717, 1.165) is 25.1 Å². The van der Waals surface area contributed by atoms with Gasteiger partial charge in [0.05, 0.1) is 11.9 Å². The Labute approximate surface area is 127 Å². The summed E-state index contributed by atoms with van der Waals surface area (Å²) in [5.41, 5.74) is 0.899. The molecule has 1 atom stereocenters. The molecule has 5 nitrogen and oxygen atoms in total. The molecule has 118 valence electrons. The number of hydrogen-bond donors (Lipinski definition) is 1. The topological polar surface area (TPSA) is 62.3 Å². The fraction of sp³-hybridized carbons (Fsp3) is 0.667. The van der Waals surface area contributed by atoms with Crippen molar-refractivity contribution in [1.29, 1.82) is 0 Å². The molecule has 1 unspecified atom stereocenters. The molecular formula is C15H25N3O2S. The van der Waals surface area contributed by atoms with Crippen LogP contribution in [0.2, 0.25) is 0 Å². The lowest BCUT2D eigenvalue weighted by Crippen LogP contribution is -2.27. The Morgan fingerprint density at radius 1 is 1.33 bits per heavy atom. The van der Waals surface area contributed by atoms with Gasteiger partial charge in [-0.2, -0.15) is 0 Å². The highest BCUT2D eigenvalue weighted by molar-refractivity contribution is 7.90. The molecule has 0 amide bonds. The van der Waals surface area contributed by atoms with E-state index in [1.165, 1.54) is 32.2 Å². The minimum Gasteiger partial charge on any atom is -0.381 e. The third-order valence-corrected chi connectivity index (χ3v) is 4.85. The van der Waals surface area contributed by atoms with Gasteiger partial charge in [0, 0.05) is 18.8 Å². The van der Waals surface area contributed by atoms with E-state index in [9.17, 15) is 8.42 Å². The molecule has 0 saturated carbocycles. The molecule has 0 radical (unpaired) electrons. The van der Waals surface area contributed by atoms with Crippen molar-refractivity contribution < 1.29 is 8.42 Å². The summed E-state index contributed by atoms with van der Waals surface area (Å²) < 4.78 is 22.8. The van der Waals surface area contributed by atoms with Crippen LogP contribution in [0.1, 0.15) is 32.6 Å². The lowest BCUT2D eigenvalue weighted by Gasteiger charge is -2.20. The van der Waals surface area contributed by atoms with Crippen LogP contribution in [-0.4, -0.2) is 50.2 Å². The molecular weight excluding hydrogens is 286 g/mol. The number of hydrogen-bond acceptors (Lipinski definition) is 5. The first-order chi connectivity index (χ1) is 9.99. The van der Waals surface area contributed by atoms with E-state index >= 15 is 0 Å². The van der Waals surface area contributed by atoms with Crippen molar-refractivity contribution >= 4 is 15.5 Å². The van der Waals surface area contributed by atoms with Crippen LogP contribution < -0.4 is 5.32 Å². The first kappa shape index (κ1) is 16.2. The van der Waals surface area contributed by atoms with Crippen molar-refractivity contribution in [3.8, 4) is 0 Å². The second-order valence-electron chi connectivity index (χ2n) is 5.77. The Hall–Kier alpha value is -1.14. The predicted octanol–water partition coefficient (Wildman–Crippen LogP) is 2.16. The van der Waals surface area contributed by atoms with E-state index < -0.39 is 9.84 Å². The molecule has 1 fully saturated rings. The molecule has 0 aromatic carbocycles. The summed E-state index contributed by atoms with van der Waals surface area (Å²) >= 11 is 0. The van der Waals surface area contributed by atoms with Gasteiger partial charge in [-0.3, -0.25) is 0 Å². The number of aromatic nitrogens is 1. The number of anilines is 1.